The van der Waals surface area contributed by atoms with Gasteiger partial charge in [-0.2, -0.15) is 0 Å². The summed E-state index contributed by atoms with van der Waals surface area (Å²) in [6.45, 7) is 1.04. The van der Waals surface area contributed by atoms with Gasteiger partial charge < -0.3 is 15.4 Å². The first-order valence-corrected chi connectivity index (χ1v) is 9.89. The summed E-state index contributed by atoms with van der Waals surface area (Å²) < 4.78 is 18.8. The summed E-state index contributed by atoms with van der Waals surface area (Å²) in [5.74, 6) is -0.449. The number of pyridine rings is 1. The zero-order chi connectivity index (χ0) is 21.3. The summed E-state index contributed by atoms with van der Waals surface area (Å²) in [7, 11) is 0. The molecular formula is C22H21ClFN3O3. The number of hydrogen-bond donors (Lipinski definition) is 2. The molecular weight excluding hydrogens is 409 g/mol. The van der Waals surface area contributed by atoms with Crippen LogP contribution in [-0.2, 0) is 4.79 Å². The lowest BCUT2D eigenvalue weighted by Gasteiger charge is -2.10. The highest BCUT2D eigenvalue weighted by Gasteiger charge is 2.11. The van der Waals surface area contributed by atoms with E-state index < -0.39 is 11.7 Å². The van der Waals surface area contributed by atoms with Crippen molar-refractivity contribution >= 4 is 34.3 Å². The van der Waals surface area contributed by atoms with Gasteiger partial charge in [0.25, 0.3) is 5.91 Å². The van der Waals surface area contributed by atoms with E-state index in [1.807, 2.05) is 30.3 Å². The van der Waals surface area contributed by atoms with Gasteiger partial charge in [-0.05, 0) is 36.8 Å². The van der Waals surface area contributed by atoms with Crippen LogP contribution in [-0.4, -0.2) is 36.5 Å². The third-order valence-corrected chi connectivity index (χ3v) is 4.62. The van der Waals surface area contributed by atoms with Gasteiger partial charge >= 0.3 is 0 Å². The van der Waals surface area contributed by atoms with Crippen molar-refractivity contribution in [2.75, 3.05) is 19.7 Å². The maximum atomic E-state index is 13.0. The van der Waals surface area contributed by atoms with Crippen LogP contribution in [0.4, 0.5) is 4.39 Å². The van der Waals surface area contributed by atoms with Crippen LogP contribution in [0.5, 0.6) is 5.75 Å². The molecule has 30 heavy (non-hydrogen) atoms. The van der Waals surface area contributed by atoms with Crippen LogP contribution in [0, 0.1) is 5.82 Å². The minimum absolute atomic E-state index is 0.0262. The molecule has 2 N–H and O–H groups in total. The van der Waals surface area contributed by atoms with Crippen LogP contribution >= 0.6 is 11.6 Å². The molecule has 0 unspecified atom stereocenters. The molecule has 3 aromatic rings. The molecule has 156 valence electrons. The average Bonchev–Trinajstić information content (AvgIpc) is 2.73. The molecule has 0 spiro atoms. The Kier molecular flexibility index (Phi) is 7.57. The average molecular weight is 430 g/mol. The normalized spacial score (nSPS) is 10.6. The fourth-order valence-corrected chi connectivity index (χ4v) is 3.07. The maximum absolute atomic E-state index is 13.0. The van der Waals surface area contributed by atoms with Crippen molar-refractivity contribution in [3.05, 3.63) is 71.1 Å². The van der Waals surface area contributed by atoms with Crippen molar-refractivity contribution in [1.82, 2.24) is 15.6 Å². The van der Waals surface area contributed by atoms with Crippen molar-refractivity contribution in [3.63, 3.8) is 0 Å². The summed E-state index contributed by atoms with van der Waals surface area (Å²) in [4.78, 5) is 28.2. The van der Waals surface area contributed by atoms with E-state index in [0.717, 1.165) is 23.0 Å². The second kappa shape index (κ2) is 10.5. The Morgan fingerprint density at radius 1 is 1.07 bits per heavy atom. The molecule has 0 bridgehead atoms. The van der Waals surface area contributed by atoms with Gasteiger partial charge in [0.15, 0.2) is 0 Å². The molecule has 0 radical (unpaired) electrons. The lowest BCUT2D eigenvalue weighted by Crippen LogP contribution is -2.31. The summed E-state index contributed by atoms with van der Waals surface area (Å²) in [5.41, 5.74) is 0.972. The number of carbonyl (C=O) groups is 2. The van der Waals surface area contributed by atoms with Gasteiger partial charge in [0, 0.05) is 31.1 Å². The molecule has 2 aromatic carbocycles. The van der Waals surface area contributed by atoms with Crippen LogP contribution in [0.3, 0.4) is 0 Å². The molecule has 2 amide bonds. The van der Waals surface area contributed by atoms with Crippen LogP contribution in [0.1, 0.15) is 23.2 Å². The number of nitrogens with zero attached hydrogens (tertiary/aromatic N) is 1. The van der Waals surface area contributed by atoms with Gasteiger partial charge in [-0.25, -0.2) is 4.39 Å². The van der Waals surface area contributed by atoms with E-state index in [9.17, 15) is 14.0 Å². The monoisotopic (exact) mass is 429 g/mol. The summed E-state index contributed by atoms with van der Waals surface area (Å²) >= 11 is 5.84. The van der Waals surface area contributed by atoms with E-state index in [0.29, 0.717) is 25.3 Å². The third-order valence-electron chi connectivity index (χ3n) is 4.31. The van der Waals surface area contributed by atoms with Gasteiger partial charge in [0.05, 0.1) is 17.2 Å². The summed E-state index contributed by atoms with van der Waals surface area (Å²) in [6, 6.07) is 13.1. The van der Waals surface area contributed by atoms with E-state index in [1.54, 1.807) is 6.20 Å². The van der Waals surface area contributed by atoms with Crippen LogP contribution in [0.2, 0.25) is 5.02 Å². The molecule has 1 heterocycles. The smallest absolute Gasteiger partial charge is 0.252 e. The summed E-state index contributed by atoms with van der Waals surface area (Å²) in [6.07, 6.45) is 2.48. The first-order valence-electron chi connectivity index (χ1n) is 9.51. The number of amides is 2. The highest BCUT2D eigenvalue weighted by atomic mass is 35.5. The van der Waals surface area contributed by atoms with Crippen molar-refractivity contribution in [2.45, 2.75) is 12.8 Å². The van der Waals surface area contributed by atoms with E-state index >= 15 is 0 Å². The van der Waals surface area contributed by atoms with Crippen LogP contribution in [0.15, 0.2) is 54.7 Å². The number of fused-ring (bicyclic) bond motifs is 1. The van der Waals surface area contributed by atoms with E-state index in [-0.39, 0.29) is 29.5 Å². The Labute approximate surface area is 178 Å². The maximum Gasteiger partial charge on any atom is 0.252 e. The Morgan fingerprint density at radius 2 is 1.90 bits per heavy atom. The first kappa shape index (κ1) is 21.5. The van der Waals surface area contributed by atoms with E-state index in [1.165, 1.54) is 6.07 Å². The Hall–Kier alpha value is -3.19. The molecule has 0 fully saturated rings. The minimum atomic E-state index is -0.517. The molecule has 6 nitrogen and oxygen atoms in total. The Bertz CT molecular complexity index is 1040. The predicted octanol–water partition coefficient (Wildman–Crippen LogP) is 3.73. The van der Waals surface area contributed by atoms with Gasteiger partial charge in [0.2, 0.25) is 5.91 Å². The number of rotatable bonds is 9. The van der Waals surface area contributed by atoms with Crippen molar-refractivity contribution < 1.29 is 18.7 Å². The first-order chi connectivity index (χ1) is 14.5. The number of para-hydroxylation sites is 1. The van der Waals surface area contributed by atoms with Crippen molar-refractivity contribution in [1.29, 1.82) is 0 Å². The standard InChI is InChI=1S/C22H21ClFN3O3/c23-18-14-16(24)7-8-17(18)22(29)27-12-9-20(28)25-11-3-13-30-19-6-1-4-15-5-2-10-26-21(15)19/h1-2,4-8,10,14H,3,9,11-13H2,(H,25,28)(H,27,29). The molecule has 0 aliphatic heterocycles. The fraction of sp³-hybridized carbons (Fsp3) is 0.227. The topological polar surface area (TPSA) is 80.3 Å². The lowest BCUT2D eigenvalue weighted by molar-refractivity contribution is -0.120. The van der Waals surface area contributed by atoms with Gasteiger partial charge in [-0.15, -0.1) is 0 Å². The third kappa shape index (κ3) is 5.90. The zero-order valence-electron chi connectivity index (χ0n) is 16.2. The lowest BCUT2D eigenvalue weighted by atomic mass is 10.2. The van der Waals surface area contributed by atoms with Gasteiger partial charge in [-0.1, -0.05) is 29.8 Å². The Balaban J connectivity index is 1.33. The second-order valence-corrected chi connectivity index (χ2v) is 6.92. The molecule has 0 saturated heterocycles. The van der Waals surface area contributed by atoms with Crippen molar-refractivity contribution in [3.8, 4) is 5.75 Å². The molecule has 0 saturated carbocycles. The molecule has 1 aromatic heterocycles. The highest BCUT2D eigenvalue weighted by molar-refractivity contribution is 6.33. The second-order valence-electron chi connectivity index (χ2n) is 6.51. The predicted molar refractivity (Wildman–Crippen MR) is 113 cm³/mol. The van der Waals surface area contributed by atoms with E-state index in [4.69, 9.17) is 16.3 Å². The van der Waals surface area contributed by atoms with Crippen molar-refractivity contribution in [2.24, 2.45) is 0 Å². The number of nitrogens with one attached hydrogen (secondary N) is 2. The zero-order valence-corrected chi connectivity index (χ0v) is 16.9. The quantitative estimate of drug-likeness (QED) is 0.508. The largest absolute Gasteiger partial charge is 0.491 e. The number of halogens is 2. The van der Waals surface area contributed by atoms with Gasteiger partial charge in [-0.3, -0.25) is 14.6 Å². The van der Waals surface area contributed by atoms with Crippen LogP contribution in [0.25, 0.3) is 10.9 Å². The van der Waals surface area contributed by atoms with Crippen LogP contribution < -0.4 is 15.4 Å². The molecule has 0 aliphatic rings. The molecule has 0 aliphatic carbocycles. The number of carbonyl (C=O) groups excluding carboxylic acids is 2. The number of ether oxygens (including phenoxy) is 1. The highest BCUT2D eigenvalue weighted by Crippen LogP contribution is 2.22. The summed E-state index contributed by atoms with van der Waals surface area (Å²) in [5, 5.41) is 6.40. The molecule has 3 rings (SSSR count). The Morgan fingerprint density at radius 3 is 2.73 bits per heavy atom. The minimum Gasteiger partial charge on any atom is -0.491 e. The van der Waals surface area contributed by atoms with Gasteiger partial charge in [0.1, 0.15) is 17.1 Å². The molecule has 8 heteroatoms. The van der Waals surface area contributed by atoms with E-state index in [2.05, 4.69) is 15.6 Å². The number of benzene rings is 2. The fourth-order valence-electron chi connectivity index (χ4n) is 2.82. The SMILES string of the molecule is O=C(CCNC(=O)c1ccc(F)cc1Cl)NCCCOc1cccc2cccnc12. The number of hydrogen-bond acceptors (Lipinski definition) is 4. The molecule has 0 atom stereocenters. The number of aromatic nitrogens is 1.